The van der Waals surface area contributed by atoms with E-state index in [-0.39, 0.29) is 23.5 Å². The summed E-state index contributed by atoms with van der Waals surface area (Å²) in [7, 11) is 0. The Bertz CT molecular complexity index is 704. The van der Waals surface area contributed by atoms with E-state index in [9.17, 15) is 4.79 Å². The average molecular weight is 312 g/mol. The number of nitrogens with two attached hydrogens (primary N) is 2. The summed E-state index contributed by atoms with van der Waals surface area (Å²) in [5.41, 5.74) is 13.6. The third kappa shape index (κ3) is 3.40. The minimum Gasteiger partial charge on any atom is -0.382 e. The van der Waals surface area contributed by atoms with Crippen LogP contribution in [-0.4, -0.2) is 35.0 Å². The summed E-state index contributed by atoms with van der Waals surface area (Å²) in [5, 5.41) is 2.88. The molecule has 1 saturated heterocycles. The monoisotopic (exact) mass is 312 g/mol. The first kappa shape index (κ1) is 15.2. The summed E-state index contributed by atoms with van der Waals surface area (Å²) in [5.74, 6) is -0.258. The van der Waals surface area contributed by atoms with Gasteiger partial charge in [-0.15, -0.1) is 0 Å². The molecule has 5 N–H and O–H groups in total. The zero-order valence-electron chi connectivity index (χ0n) is 12.8. The summed E-state index contributed by atoms with van der Waals surface area (Å²) in [6.45, 7) is 1.70. The Balaban J connectivity index is 1.83. The van der Waals surface area contributed by atoms with Gasteiger partial charge in [-0.05, 0) is 25.0 Å². The normalized spacial score (nSPS) is 17.8. The van der Waals surface area contributed by atoms with Crippen LogP contribution in [0, 0.1) is 0 Å². The summed E-state index contributed by atoms with van der Waals surface area (Å²) in [6.07, 6.45) is 4.97. The minimum absolute atomic E-state index is 0.113. The molecule has 0 aliphatic carbocycles. The lowest BCUT2D eigenvalue weighted by Crippen LogP contribution is -2.43. The van der Waals surface area contributed by atoms with Crippen LogP contribution in [0.15, 0.2) is 36.7 Å². The van der Waals surface area contributed by atoms with E-state index in [0.717, 1.165) is 37.3 Å². The number of aromatic nitrogens is 2. The van der Waals surface area contributed by atoms with E-state index in [4.69, 9.17) is 11.5 Å². The number of anilines is 3. The predicted molar refractivity (Wildman–Crippen MR) is 90.3 cm³/mol. The van der Waals surface area contributed by atoms with Crippen molar-refractivity contribution in [3.63, 3.8) is 0 Å². The summed E-state index contributed by atoms with van der Waals surface area (Å²) in [6, 6.07) is 7.82. The maximum absolute atomic E-state index is 12.4. The summed E-state index contributed by atoms with van der Waals surface area (Å²) in [4.78, 5) is 22.5. The molecule has 23 heavy (non-hydrogen) atoms. The molecule has 1 aromatic carbocycles. The van der Waals surface area contributed by atoms with Gasteiger partial charge in [0.25, 0.3) is 5.91 Å². The van der Waals surface area contributed by atoms with E-state index >= 15 is 0 Å². The highest BCUT2D eigenvalue weighted by Crippen LogP contribution is 2.28. The molecule has 1 fully saturated rings. The number of rotatable bonds is 3. The molecule has 3 rings (SSSR count). The number of nitrogens with zero attached hydrogens (tertiary/aromatic N) is 3. The number of hydrogen-bond acceptors (Lipinski definition) is 6. The topological polar surface area (TPSA) is 110 Å². The van der Waals surface area contributed by atoms with Gasteiger partial charge in [0.2, 0.25) is 0 Å². The molecular weight excluding hydrogens is 292 g/mol. The maximum Gasteiger partial charge on any atom is 0.278 e. The predicted octanol–water partition coefficient (Wildman–Crippen LogP) is 1.24. The van der Waals surface area contributed by atoms with Crippen molar-refractivity contribution in [1.82, 2.24) is 9.97 Å². The number of carbonyl (C=O) groups excluding carboxylic acids is 1. The van der Waals surface area contributed by atoms with Crippen molar-refractivity contribution >= 4 is 23.1 Å². The molecule has 0 saturated carbocycles. The second-order valence-corrected chi connectivity index (χ2v) is 5.61. The zero-order valence-corrected chi connectivity index (χ0v) is 12.8. The first-order chi connectivity index (χ1) is 11.1. The van der Waals surface area contributed by atoms with Crippen LogP contribution in [0.3, 0.4) is 0 Å². The molecule has 0 spiro atoms. The average Bonchev–Trinajstić information content (AvgIpc) is 2.55. The van der Waals surface area contributed by atoms with Crippen molar-refractivity contribution in [3.05, 3.63) is 42.4 Å². The molecule has 1 amide bonds. The van der Waals surface area contributed by atoms with Gasteiger partial charge < -0.3 is 21.7 Å². The van der Waals surface area contributed by atoms with E-state index < -0.39 is 0 Å². The van der Waals surface area contributed by atoms with Crippen LogP contribution >= 0.6 is 0 Å². The van der Waals surface area contributed by atoms with Crippen molar-refractivity contribution in [1.29, 1.82) is 0 Å². The van der Waals surface area contributed by atoms with Crippen molar-refractivity contribution in [2.24, 2.45) is 5.73 Å². The lowest BCUT2D eigenvalue weighted by molar-refractivity contribution is 0.102. The molecular formula is C16H20N6O. The van der Waals surface area contributed by atoms with Crippen molar-refractivity contribution in [3.8, 4) is 0 Å². The van der Waals surface area contributed by atoms with Gasteiger partial charge in [-0.2, -0.15) is 0 Å². The quantitative estimate of drug-likeness (QED) is 0.786. The fourth-order valence-electron chi connectivity index (χ4n) is 2.79. The molecule has 1 aliphatic heterocycles. The minimum atomic E-state index is -0.371. The van der Waals surface area contributed by atoms with Crippen molar-refractivity contribution in [2.75, 3.05) is 29.0 Å². The third-order valence-electron chi connectivity index (χ3n) is 3.89. The highest BCUT2D eigenvalue weighted by molar-refractivity contribution is 6.07. The van der Waals surface area contributed by atoms with E-state index in [1.165, 1.54) is 12.4 Å². The molecule has 1 aromatic heterocycles. The molecule has 1 atom stereocenters. The van der Waals surface area contributed by atoms with Gasteiger partial charge in [-0.25, -0.2) is 9.97 Å². The van der Waals surface area contributed by atoms with Crippen LogP contribution in [0.5, 0.6) is 0 Å². The first-order valence-electron chi connectivity index (χ1n) is 7.62. The fraction of sp³-hybridized carbons (Fsp3) is 0.312. The number of piperidine rings is 1. The third-order valence-corrected chi connectivity index (χ3v) is 3.89. The molecule has 2 heterocycles. The number of amides is 1. The van der Waals surface area contributed by atoms with Gasteiger partial charge in [-0.1, -0.05) is 12.1 Å². The smallest absolute Gasteiger partial charge is 0.278 e. The van der Waals surface area contributed by atoms with Crippen LogP contribution < -0.4 is 21.7 Å². The Morgan fingerprint density at radius 1 is 1.26 bits per heavy atom. The zero-order chi connectivity index (χ0) is 16.2. The van der Waals surface area contributed by atoms with Crippen LogP contribution in [0.1, 0.15) is 23.3 Å². The lowest BCUT2D eigenvalue weighted by Gasteiger charge is -2.33. The number of para-hydroxylation sites is 2. The Morgan fingerprint density at radius 3 is 2.83 bits per heavy atom. The Morgan fingerprint density at radius 2 is 2.04 bits per heavy atom. The van der Waals surface area contributed by atoms with Crippen LogP contribution in [0.4, 0.5) is 17.2 Å². The number of carbonyl (C=O) groups is 1. The van der Waals surface area contributed by atoms with Crippen molar-refractivity contribution in [2.45, 2.75) is 18.9 Å². The molecule has 0 bridgehead atoms. The molecule has 2 aromatic rings. The van der Waals surface area contributed by atoms with Crippen LogP contribution in [-0.2, 0) is 0 Å². The number of benzene rings is 1. The lowest BCUT2D eigenvalue weighted by atomic mass is 10.1. The largest absolute Gasteiger partial charge is 0.382 e. The van der Waals surface area contributed by atoms with Gasteiger partial charge in [0.05, 0.1) is 11.4 Å². The van der Waals surface area contributed by atoms with E-state index in [1.807, 2.05) is 24.3 Å². The Kier molecular flexibility index (Phi) is 4.38. The van der Waals surface area contributed by atoms with E-state index in [2.05, 4.69) is 20.2 Å². The number of nitrogens with one attached hydrogen (secondary N) is 1. The highest BCUT2D eigenvalue weighted by atomic mass is 16.1. The van der Waals surface area contributed by atoms with Crippen LogP contribution in [0.2, 0.25) is 0 Å². The van der Waals surface area contributed by atoms with Crippen molar-refractivity contribution < 1.29 is 4.79 Å². The molecule has 7 nitrogen and oxygen atoms in total. The summed E-state index contributed by atoms with van der Waals surface area (Å²) >= 11 is 0. The second kappa shape index (κ2) is 6.62. The van der Waals surface area contributed by atoms with Gasteiger partial charge in [0.1, 0.15) is 0 Å². The molecule has 1 aliphatic rings. The fourth-order valence-corrected chi connectivity index (χ4v) is 2.79. The second-order valence-electron chi connectivity index (χ2n) is 5.61. The molecule has 1 unspecified atom stereocenters. The maximum atomic E-state index is 12.4. The molecule has 120 valence electrons. The highest BCUT2D eigenvalue weighted by Gasteiger charge is 2.20. The Hall–Kier alpha value is -2.67. The molecule has 7 heteroatoms. The Labute approximate surface area is 134 Å². The van der Waals surface area contributed by atoms with Gasteiger partial charge in [0, 0.05) is 31.5 Å². The standard InChI is InChI=1S/C16H20N6O/c17-11-4-3-9-22(10-11)13-6-2-1-5-12(13)21-16(23)14-15(18)20-8-7-19-14/h1-2,5-8,11H,3-4,9-10,17H2,(H2,18,20)(H,21,23). The SMILES string of the molecule is Nc1nccnc1C(=O)Nc1ccccc1N1CCCC(N)C1. The van der Waals surface area contributed by atoms with Crippen LogP contribution in [0.25, 0.3) is 0 Å². The van der Waals surface area contributed by atoms with Gasteiger partial charge in [-0.3, -0.25) is 4.79 Å². The number of nitrogen functional groups attached to an aromatic ring is 1. The van der Waals surface area contributed by atoms with E-state index in [1.54, 1.807) is 0 Å². The first-order valence-corrected chi connectivity index (χ1v) is 7.62. The van der Waals surface area contributed by atoms with E-state index in [0.29, 0.717) is 0 Å². The molecule has 0 radical (unpaired) electrons. The van der Waals surface area contributed by atoms with Gasteiger partial charge >= 0.3 is 0 Å². The van der Waals surface area contributed by atoms with Gasteiger partial charge in [0.15, 0.2) is 11.5 Å². The summed E-state index contributed by atoms with van der Waals surface area (Å²) < 4.78 is 0. The number of hydrogen-bond donors (Lipinski definition) is 3.